The topological polar surface area (TPSA) is 49.8 Å². The molecule has 0 aromatic heterocycles. The van der Waals surface area contributed by atoms with Gasteiger partial charge >= 0.3 is 5.97 Å². The fraction of sp³-hybridized carbons (Fsp3) is 0.938. The van der Waals surface area contributed by atoms with E-state index in [-0.39, 0.29) is 18.8 Å². The fourth-order valence-electron chi connectivity index (χ4n) is 3.51. The van der Waals surface area contributed by atoms with Crippen molar-refractivity contribution in [2.75, 3.05) is 19.7 Å². The van der Waals surface area contributed by atoms with Crippen LogP contribution in [-0.2, 0) is 9.53 Å². The summed E-state index contributed by atoms with van der Waals surface area (Å²) >= 11 is 0. The molecule has 1 aliphatic heterocycles. The number of carboxylic acid groups (broad SMARTS) is 1. The summed E-state index contributed by atoms with van der Waals surface area (Å²) in [5.74, 6) is 0.175. The number of aliphatic carboxylic acids is 1. The number of halogens is 1. The summed E-state index contributed by atoms with van der Waals surface area (Å²) in [6, 6.07) is 0.643. The zero-order valence-corrected chi connectivity index (χ0v) is 13.9. The second kappa shape index (κ2) is 9.65. The average molecular weight is 320 g/mol. The van der Waals surface area contributed by atoms with E-state index >= 15 is 0 Å². The summed E-state index contributed by atoms with van der Waals surface area (Å²) < 4.78 is 5.76. The van der Waals surface area contributed by atoms with Gasteiger partial charge in [0.15, 0.2) is 0 Å². The summed E-state index contributed by atoms with van der Waals surface area (Å²) in [4.78, 5) is 13.2. The fourth-order valence-corrected chi connectivity index (χ4v) is 3.51. The smallest absolute Gasteiger partial charge is 0.303 e. The Morgan fingerprint density at radius 2 is 1.95 bits per heavy atom. The molecular weight excluding hydrogens is 290 g/mol. The minimum Gasteiger partial charge on any atom is -0.481 e. The molecule has 1 heterocycles. The maximum Gasteiger partial charge on any atom is 0.303 e. The Morgan fingerprint density at radius 1 is 1.24 bits per heavy atom. The predicted octanol–water partition coefficient (Wildman–Crippen LogP) is 3.33. The van der Waals surface area contributed by atoms with Crippen molar-refractivity contribution in [1.82, 2.24) is 4.90 Å². The van der Waals surface area contributed by atoms with Crippen molar-refractivity contribution in [3.63, 3.8) is 0 Å². The van der Waals surface area contributed by atoms with Gasteiger partial charge in [-0.25, -0.2) is 0 Å². The Labute approximate surface area is 134 Å². The van der Waals surface area contributed by atoms with E-state index in [0.717, 1.165) is 32.0 Å². The van der Waals surface area contributed by atoms with Gasteiger partial charge in [0.1, 0.15) is 0 Å². The lowest BCUT2D eigenvalue weighted by molar-refractivity contribution is -0.137. The molecule has 1 unspecified atom stereocenters. The molecular formula is C16H30ClNO3. The second-order valence-corrected chi connectivity index (χ2v) is 6.54. The third-order valence-electron chi connectivity index (χ3n) is 4.80. The summed E-state index contributed by atoms with van der Waals surface area (Å²) in [5, 5.41) is 8.81. The molecule has 5 heteroatoms. The van der Waals surface area contributed by atoms with Crippen molar-refractivity contribution in [3.8, 4) is 0 Å². The number of nitrogens with zero attached hydrogens (tertiary/aromatic N) is 1. The highest BCUT2D eigenvalue weighted by atomic mass is 35.5. The molecule has 0 aromatic rings. The maximum atomic E-state index is 10.7. The van der Waals surface area contributed by atoms with E-state index in [9.17, 15) is 4.79 Å². The molecule has 4 nitrogen and oxygen atoms in total. The van der Waals surface area contributed by atoms with Crippen LogP contribution in [0.3, 0.4) is 0 Å². The maximum absolute atomic E-state index is 10.7. The van der Waals surface area contributed by atoms with Gasteiger partial charge in [-0.1, -0.05) is 6.92 Å². The van der Waals surface area contributed by atoms with Crippen LogP contribution >= 0.6 is 12.4 Å². The van der Waals surface area contributed by atoms with E-state index in [4.69, 9.17) is 9.84 Å². The van der Waals surface area contributed by atoms with Crippen LogP contribution in [0.5, 0.6) is 0 Å². The van der Waals surface area contributed by atoms with Gasteiger partial charge in [0, 0.05) is 25.6 Å². The first-order valence-corrected chi connectivity index (χ1v) is 8.22. The van der Waals surface area contributed by atoms with Crippen molar-refractivity contribution in [2.24, 2.45) is 5.92 Å². The van der Waals surface area contributed by atoms with Gasteiger partial charge < -0.3 is 9.84 Å². The van der Waals surface area contributed by atoms with Crippen molar-refractivity contribution in [2.45, 2.75) is 70.4 Å². The van der Waals surface area contributed by atoms with E-state index in [1.165, 1.54) is 38.5 Å². The van der Waals surface area contributed by atoms with Crippen LogP contribution in [0.15, 0.2) is 0 Å². The Morgan fingerprint density at radius 3 is 2.52 bits per heavy atom. The molecule has 1 N–H and O–H groups in total. The third-order valence-corrected chi connectivity index (χ3v) is 4.80. The van der Waals surface area contributed by atoms with E-state index in [2.05, 4.69) is 11.8 Å². The van der Waals surface area contributed by atoms with Gasteiger partial charge in [0.25, 0.3) is 0 Å². The summed E-state index contributed by atoms with van der Waals surface area (Å²) in [6.07, 6.45) is 8.91. The quantitative estimate of drug-likeness (QED) is 0.782. The lowest BCUT2D eigenvalue weighted by atomic mass is 9.86. The van der Waals surface area contributed by atoms with Gasteiger partial charge in [0.05, 0.1) is 6.10 Å². The number of carboxylic acids is 1. The van der Waals surface area contributed by atoms with Gasteiger partial charge in [-0.2, -0.15) is 0 Å². The average Bonchev–Trinajstić information content (AvgIpc) is 2.91. The lowest BCUT2D eigenvalue weighted by Gasteiger charge is -2.37. The first-order chi connectivity index (χ1) is 9.65. The zero-order valence-electron chi connectivity index (χ0n) is 13.1. The molecule has 1 saturated heterocycles. The lowest BCUT2D eigenvalue weighted by Crippen LogP contribution is -2.42. The molecule has 2 rings (SSSR count). The Bertz CT molecular complexity index is 300. The minimum atomic E-state index is -0.681. The molecule has 0 spiro atoms. The van der Waals surface area contributed by atoms with Crippen LogP contribution in [0.1, 0.15) is 58.3 Å². The molecule has 1 atom stereocenters. The highest BCUT2D eigenvalue weighted by Crippen LogP contribution is 2.28. The number of carbonyl (C=O) groups is 1. The Hall–Kier alpha value is -0.320. The highest BCUT2D eigenvalue weighted by Gasteiger charge is 2.27. The molecule has 2 aliphatic rings. The Kier molecular flexibility index (Phi) is 8.60. The SMILES string of the molecule is CC1CCC(N(CCCC(=O)O)CC2CCCO2)CC1.Cl. The molecule has 0 radical (unpaired) electrons. The monoisotopic (exact) mass is 319 g/mol. The normalized spacial score (nSPS) is 29.3. The van der Waals surface area contributed by atoms with Crippen LogP contribution in [0.25, 0.3) is 0 Å². The minimum absolute atomic E-state index is 0. The highest BCUT2D eigenvalue weighted by molar-refractivity contribution is 5.85. The summed E-state index contributed by atoms with van der Waals surface area (Å²) in [5.41, 5.74) is 0. The molecule has 1 aliphatic carbocycles. The molecule has 1 saturated carbocycles. The summed E-state index contributed by atoms with van der Waals surface area (Å²) in [6.45, 7) is 5.14. The number of ether oxygens (including phenoxy) is 1. The molecule has 0 aromatic carbocycles. The van der Waals surface area contributed by atoms with Crippen LogP contribution in [0, 0.1) is 5.92 Å². The van der Waals surface area contributed by atoms with Gasteiger partial charge in [-0.15, -0.1) is 12.4 Å². The predicted molar refractivity (Wildman–Crippen MR) is 86.1 cm³/mol. The van der Waals surface area contributed by atoms with Crippen molar-refractivity contribution in [1.29, 1.82) is 0 Å². The van der Waals surface area contributed by atoms with Crippen molar-refractivity contribution in [3.05, 3.63) is 0 Å². The van der Waals surface area contributed by atoms with Crippen LogP contribution in [0.4, 0.5) is 0 Å². The molecule has 0 bridgehead atoms. The van der Waals surface area contributed by atoms with Gasteiger partial charge in [-0.05, 0) is 57.4 Å². The van der Waals surface area contributed by atoms with E-state index in [1.54, 1.807) is 0 Å². The molecule has 124 valence electrons. The standard InChI is InChI=1S/C16H29NO3.ClH/c1-13-6-8-14(9-7-13)17(10-2-5-16(18)19)12-15-4-3-11-20-15;/h13-15H,2-12H2,1H3,(H,18,19);1H. The molecule has 0 amide bonds. The first-order valence-electron chi connectivity index (χ1n) is 8.22. The van der Waals surface area contributed by atoms with E-state index in [1.807, 2.05) is 0 Å². The van der Waals surface area contributed by atoms with Gasteiger partial charge in [-0.3, -0.25) is 9.69 Å². The van der Waals surface area contributed by atoms with Crippen molar-refractivity contribution >= 4 is 18.4 Å². The van der Waals surface area contributed by atoms with Crippen LogP contribution in [-0.4, -0.2) is 47.8 Å². The van der Waals surface area contributed by atoms with Crippen LogP contribution in [0.2, 0.25) is 0 Å². The molecule has 21 heavy (non-hydrogen) atoms. The Balaban J connectivity index is 0.00000220. The first kappa shape index (κ1) is 18.7. The number of hydrogen-bond acceptors (Lipinski definition) is 3. The van der Waals surface area contributed by atoms with Gasteiger partial charge in [0.2, 0.25) is 0 Å². The van der Waals surface area contributed by atoms with Crippen molar-refractivity contribution < 1.29 is 14.6 Å². The number of hydrogen-bond donors (Lipinski definition) is 1. The van der Waals surface area contributed by atoms with E-state index < -0.39 is 5.97 Å². The zero-order chi connectivity index (χ0) is 14.4. The summed E-state index contributed by atoms with van der Waals surface area (Å²) in [7, 11) is 0. The van der Waals surface area contributed by atoms with E-state index in [0.29, 0.717) is 12.1 Å². The van der Waals surface area contributed by atoms with Crippen LogP contribution < -0.4 is 0 Å². The second-order valence-electron chi connectivity index (χ2n) is 6.54. The molecule has 2 fully saturated rings. The third kappa shape index (κ3) is 6.54. The number of rotatable bonds is 7. The largest absolute Gasteiger partial charge is 0.481 e.